The van der Waals surface area contributed by atoms with Gasteiger partial charge in [-0.2, -0.15) is 5.01 Å². The highest BCUT2D eigenvalue weighted by Gasteiger charge is 2.70. The summed E-state index contributed by atoms with van der Waals surface area (Å²) in [4.78, 5) is 60.2. The number of halogens is 3. The molecule has 0 radical (unpaired) electrons. The van der Waals surface area contributed by atoms with Crippen molar-refractivity contribution < 1.29 is 29.0 Å². The van der Waals surface area contributed by atoms with Crippen molar-refractivity contribution in [1.82, 2.24) is 5.01 Å². The molecule has 4 aromatic carbocycles. The van der Waals surface area contributed by atoms with E-state index in [-0.39, 0.29) is 35.4 Å². The number of phenolic OH excluding ortho intramolecular Hbond substituents is 1. The quantitative estimate of drug-likeness (QED) is 0.150. The van der Waals surface area contributed by atoms with Crippen LogP contribution < -0.4 is 15.1 Å². The van der Waals surface area contributed by atoms with Gasteiger partial charge in [0, 0.05) is 16.0 Å². The van der Waals surface area contributed by atoms with Gasteiger partial charge in [0.05, 0.1) is 46.7 Å². The summed E-state index contributed by atoms with van der Waals surface area (Å²) in [6.07, 6.45) is 2.39. The lowest BCUT2D eigenvalue weighted by Gasteiger charge is -2.50. The first-order valence-electron chi connectivity index (χ1n) is 17.2. The number of amides is 4. The van der Waals surface area contributed by atoms with E-state index >= 15 is 4.79 Å². The normalized spacial score (nSPS) is 26.3. The highest BCUT2D eigenvalue weighted by Crippen LogP contribution is 2.64. The monoisotopic (exact) mass is 769 g/mol. The van der Waals surface area contributed by atoms with E-state index in [2.05, 4.69) is 5.43 Å². The van der Waals surface area contributed by atoms with Gasteiger partial charge in [-0.15, -0.1) is 0 Å². The van der Waals surface area contributed by atoms with Gasteiger partial charge in [0.1, 0.15) is 11.5 Å². The summed E-state index contributed by atoms with van der Waals surface area (Å²) in [5.41, 5.74) is 5.50. The molecule has 1 saturated carbocycles. The Hall–Kier alpha value is -4.83. The predicted molar refractivity (Wildman–Crippen MR) is 202 cm³/mol. The number of hydrazine groups is 1. The standard InChI is InChI=1S/C41H34Cl3N3O6/c1-20-16-22(17-21(2)36(20)48)35-28-13-14-29-34(39(51)46(37(29)49)26-9-6-24(42)7-10-26)30(28)19-31-38(50)47(45-33-15-8-25(43)18-32(33)44)40(52)41(31,35)23-4-11-27(53-3)12-5-23/h4-13,15-18,29-31,34-35,45,48H,14,19H2,1-3H3. The van der Waals surface area contributed by atoms with Gasteiger partial charge in [-0.05, 0) is 109 Å². The van der Waals surface area contributed by atoms with E-state index in [0.717, 1.165) is 10.6 Å². The zero-order valence-corrected chi connectivity index (χ0v) is 31.2. The van der Waals surface area contributed by atoms with Gasteiger partial charge >= 0.3 is 0 Å². The van der Waals surface area contributed by atoms with E-state index in [1.165, 1.54) is 11.0 Å². The molecule has 2 heterocycles. The van der Waals surface area contributed by atoms with E-state index < -0.39 is 46.8 Å². The van der Waals surface area contributed by atoms with E-state index in [4.69, 9.17) is 39.5 Å². The molecule has 0 spiro atoms. The number of nitrogens with one attached hydrogen (secondary N) is 1. The molecular formula is C41H34Cl3N3O6. The number of carbonyl (C=O) groups is 4. The van der Waals surface area contributed by atoms with E-state index in [1.54, 1.807) is 69.5 Å². The average Bonchev–Trinajstić information content (AvgIpc) is 3.52. The topological polar surface area (TPSA) is 116 Å². The molecule has 2 N–H and O–H groups in total. The third kappa shape index (κ3) is 5.27. The Morgan fingerprint density at radius 3 is 2.11 bits per heavy atom. The maximum atomic E-state index is 15.4. The molecule has 8 rings (SSSR count). The molecule has 6 unspecified atom stereocenters. The van der Waals surface area contributed by atoms with Crippen LogP contribution in [-0.2, 0) is 24.6 Å². The van der Waals surface area contributed by atoms with Crippen molar-refractivity contribution in [3.05, 3.63) is 128 Å². The number of anilines is 2. The second-order valence-corrected chi connectivity index (χ2v) is 15.5. The molecule has 12 heteroatoms. The van der Waals surface area contributed by atoms with Crippen LogP contribution in [0.1, 0.15) is 41.0 Å². The third-order valence-electron chi connectivity index (χ3n) is 11.5. The Balaban J connectivity index is 1.34. The molecule has 4 amide bonds. The van der Waals surface area contributed by atoms with Crippen LogP contribution in [0.15, 0.2) is 90.5 Å². The number of allylic oxidation sites excluding steroid dienone is 2. The fourth-order valence-electron chi connectivity index (χ4n) is 9.22. The van der Waals surface area contributed by atoms with Crippen molar-refractivity contribution in [2.75, 3.05) is 17.4 Å². The smallest absolute Gasteiger partial charge is 0.260 e. The number of fused-ring (bicyclic) bond motifs is 4. The van der Waals surface area contributed by atoms with Crippen LogP contribution in [0.25, 0.3) is 0 Å². The first-order valence-corrected chi connectivity index (χ1v) is 18.4. The molecule has 2 aliphatic carbocycles. The highest BCUT2D eigenvalue weighted by molar-refractivity contribution is 6.36. The number of carbonyl (C=O) groups excluding carboxylic acids is 4. The number of rotatable bonds is 6. The van der Waals surface area contributed by atoms with Crippen LogP contribution in [0, 0.1) is 37.5 Å². The summed E-state index contributed by atoms with van der Waals surface area (Å²) in [5, 5.41) is 13.0. The van der Waals surface area contributed by atoms with E-state index in [1.807, 2.05) is 30.3 Å². The fraction of sp³-hybridized carbons (Fsp3) is 0.268. The van der Waals surface area contributed by atoms with Crippen LogP contribution >= 0.6 is 34.8 Å². The summed E-state index contributed by atoms with van der Waals surface area (Å²) in [6.45, 7) is 3.58. The molecule has 0 bridgehead atoms. The minimum atomic E-state index is -1.51. The number of methoxy groups -OCH3 is 1. The molecule has 3 fully saturated rings. The molecule has 2 saturated heterocycles. The SMILES string of the molecule is COc1ccc(C23C(=O)N(Nc4ccc(Cl)cc4Cl)C(=O)C2CC2C(=CCC4C(=O)N(c5ccc(Cl)cc5)C(=O)C42)C3c2cc(C)c(O)c(C)c2)cc1. The Bertz CT molecular complexity index is 2230. The number of hydrogen-bond donors (Lipinski definition) is 2. The van der Waals surface area contributed by atoms with Crippen molar-refractivity contribution >= 4 is 69.8 Å². The van der Waals surface area contributed by atoms with Gasteiger partial charge in [-0.25, -0.2) is 0 Å². The van der Waals surface area contributed by atoms with Crippen molar-refractivity contribution in [3.8, 4) is 11.5 Å². The van der Waals surface area contributed by atoms with Crippen LogP contribution in [0.3, 0.4) is 0 Å². The Labute approximate surface area is 321 Å². The van der Waals surface area contributed by atoms with Crippen molar-refractivity contribution in [2.24, 2.45) is 23.7 Å². The zero-order chi connectivity index (χ0) is 37.5. The number of imide groups is 2. The molecule has 270 valence electrons. The summed E-state index contributed by atoms with van der Waals surface area (Å²) in [5.74, 6) is -4.71. The predicted octanol–water partition coefficient (Wildman–Crippen LogP) is 8.17. The van der Waals surface area contributed by atoms with Gasteiger partial charge in [-0.3, -0.25) is 29.5 Å². The van der Waals surface area contributed by atoms with Crippen LogP contribution in [-0.4, -0.2) is 40.9 Å². The Kier molecular flexibility index (Phi) is 8.59. The van der Waals surface area contributed by atoms with Gasteiger partial charge in [0.15, 0.2) is 0 Å². The van der Waals surface area contributed by atoms with E-state index in [9.17, 15) is 19.5 Å². The van der Waals surface area contributed by atoms with Crippen LogP contribution in [0.4, 0.5) is 11.4 Å². The second-order valence-electron chi connectivity index (χ2n) is 14.2. The summed E-state index contributed by atoms with van der Waals surface area (Å²) in [7, 11) is 1.55. The fourth-order valence-corrected chi connectivity index (χ4v) is 9.80. The molecule has 9 nitrogen and oxygen atoms in total. The zero-order valence-electron chi connectivity index (χ0n) is 28.9. The lowest BCUT2D eigenvalue weighted by Crippen LogP contribution is -2.53. The second kappa shape index (κ2) is 12.9. The summed E-state index contributed by atoms with van der Waals surface area (Å²) >= 11 is 18.9. The van der Waals surface area contributed by atoms with E-state index in [0.29, 0.717) is 49.4 Å². The Morgan fingerprint density at radius 1 is 0.811 bits per heavy atom. The number of ether oxygens (including phenoxy) is 1. The highest BCUT2D eigenvalue weighted by atomic mass is 35.5. The molecule has 4 aromatic rings. The largest absolute Gasteiger partial charge is 0.507 e. The number of benzene rings is 4. The molecule has 6 atom stereocenters. The van der Waals surface area contributed by atoms with Crippen molar-refractivity contribution in [1.29, 1.82) is 0 Å². The van der Waals surface area contributed by atoms with Crippen LogP contribution in [0.5, 0.6) is 11.5 Å². The molecular weight excluding hydrogens is 737 g/mol. The maximum absolute atomic E-state index is 15.4. The first kappa shape index (κ1) is 35.2. The lowest BCUT2D eigenvalue weighted by atomic mass is 9.49. The van der Waals surface area contributed by atoms with Crippen LogP contribution in [0.2, 0.25) is 15.1 Å². The maximum Gasteiger partial charge on any atom is 0.260 e. The van der Waals surface area contributed by atoms with Gasteiger partial charge in [0.25, 0.3) is 11.8 Å². The minimum absolute atomic E-state index is 0.121. The third-order valence-corrected chi connectivity index (χ3v) is 12.3. The molecule has 53 heavy (non-hydrogen) atoms. The number of hydrogen-bond acceptors (Lipinski definition) is 7. The first-order chi connectivity index (χ1) is 25.4. The number of aryl methyl sites for hydroxylation is 2. The van der Waals surface area contributed by atoms with Crippen molar-refractivity contribution in [3.63, 3.8) is 0 Å². The number of aromatic hydroxyl groups is 1. The minimum Gasteiger partial charge on any atom is -0.507 e. The number of phenols is 1. The molecule has 4 aliphatic rings. The van der Waals surface area contributed by atoms with Gasteiger partial charge in [0.2, 0.25) is 11.8 Å². The van der Waals surface area contributed by atoms with Gasteiger partial charge in [-0.1, -0.05) is 70.7 Å². The summed E-state index contributed by atoms with van der Waals surface area (Å²) < 4.78 is 5.48. The lowest BCUT2D eigenvalue weighted by molar-refractivity contribution is -0.138. The Morgan fingerprint density at radius 2 is 1.47 bits per heavy atom. The van der Waals surface area contributed by atoms with Gasteiger partial charge < -0.3 is 9.84 Å². The summed E-state index contributed by atoms with van der Waals surface area (Å²) in [6, 6.07) is 22.1. The number of nitrogens with zero attached hydrogens (tertiary/aromatic N) is 2. The molecule has 2 aliphatic heterocycles. The average molecular weight is 771 g/mol. The molecule has 0 aromatic heterocycles. The van der Waals surface area contributed by atoms with Crippen molar-refractivity contribution in [2.45, 2.75) is 38.0 Å².